The fourth-order valence-corrected chi connectivity index (χ4v) is 3.09. The lowest BCUT2D eigenvalue weighted by atomic mass is 9.89. The first-order valence-electron chi connectivity index (χ1n) is 8.02. The number of hydrogen-bond acceptors (Lipinski definition) is 4. The van der Waals surface area contributed by atoms with Crippen LogP contribution in [0.1, 0.15) is 23.7 Å². The second kappa shape index (κ2) is 7.68. The largest absolute Gasteiger partial charge is 0.412 e. The molecule has 5 nitrogen and oxygen atoms in total. The number of carbonyl (C=O) groups excluding carboxylic acids is 1. The van der Waals surface area contributed by atoms with Gasteiger partial charge in [-0.1, -0.05) is 47.5 Å². The molecule has 0 bridgehead atoms. The molecule has 0 saturated heterocycles. The van der Waals surface area contributed by atoms with Gasteiger partial charge in [-0.15, -0.1) is 5.48 Å². The van der Waals surface area contributed by atoms with Crippen LogP contribution in [0.4, 0.5) is 0 Å². The van der Waals surface area contributed by atoms with Crippen molar-refractivity contribution in [1.82, 2.24) is 10.8 Å². The smallest absolute Gasteiger partial charge is 0.252 e. The molecule has 1 amide bonds. The average Bonchev–Trinajstić information content (AvgIpc) is 3.07. The number of likely N-dealkylation sites (N-methyl/N-ethyl adjacent to an activating group) is 1. The van der Waals surface area contributed by atoms with Gasteiger partial charge in [-0.05, 0) is 41.5 Å². The number of rotatable bonds is 5. The molecule has 0 saturated carbocycles. The summed E-state index contributed by atoms with van der Waals surface area (Å²) in [4.78, 5) is 18.1. The highest BCUT2D eigenvalue weighted by molar-refractivity contribution is 6.30. The van der Waals surface area contributed by atoms with Crippen LogP contribution in [0.25, 0.3) is 0 Å². The first-order valence-corrected chi connectivity index (χ1v) is 8.78. The van der Waals surface area contributed by atoms with Crippen molar-refractivity contribution in [3.8, 4) is 0 Å². The zero-order valence-corrected chi connectivity index (χ0v) is 15.5. The molecule has 0 fully saturated rings. The van der Waals surface area contributed by atoms with E-state index in [1.807, 2.05) is 0 Å². The molecule has 0 radical (unpaired) electrons. The number of benzene rings is 2. The van der Waals surface area contributed by atoms with E-state index in [2.05, 4.69) is 10.8 Å². The summed E-state index contributed by atoms with van der Waals surface area (Å²) in [6, 6.07) is 13.8. The third-order valence-electron chi connectivity index (χ3n) is 4.25. The summed E-state index contributed by atoms with van der Waals surface area (Å²) in [7, 11) is 1.55. The van der Waals surface area contributed by atoms with Gasteiger partial charge in [-0.2, -0.15) is 0 Å². The third kappa shape index (κ3) is 3.71. The van der Waals surface area contributed by atoms with E-state index >= 15 is 0 Å². The van der Waals surface area contributed by atoms with Crippen molar-refractivity contribution in [2.24, 2.45) is 0 Å². The summed E-state index contributed by atoms with van der Waals surface area (Å²) >= 11 is 11.8. The number of aliphatic hydroxyl groups is 1. The summed E-state index contributed by atoms with van der Waals surface area (Å²) in [5.74, 6) is 0.182. The molecule has 7 heteroatoms. The maximum Gasteiger partial charge on any atom is 0.252 e. The van der Waals surface area contributed by atoms with Gasteiger partial charge in [0.1, 0.15) is 5.76 Å². The van der Waals surface area contributed by atoms with E-state index in [1.165, 1.54) is 0 Å². The molecule has 1 aliphatic heterocycles. The van der Waals surface area contributed by atoms with Crippen molar-refractivity contribution in [2.45, 2.75) is 18.1 Å². The Bertz CT molecular complexity index is 822. The molecule has 2 atom stereocenters. The van der Waals surface area contributed by atoms with E-state index in [0.29, 0.717) is 26.9 Å². The van der Waals surface area contributed by atoms with Crippen molar-refractivity contribution in [1.29, 1.82) is 0 Å². The van der Waals surface area contributed by atoms with E-state index in [-0.39, 0.29) is 12.3 Å². The molecule has 3 rings (SSSR count). The molecule has 136 valence electrons. The van der Waals surface area contributed by atoms with E-state index in [0.717, 1.165) is 0 Å². The van der Waals surface area contributed by atoms with E-state index < -0.39 is 11.6 Å². The molecule has 3 N–H and O–H groups in total. The first-order chi connectivity index (χ1) is 12.4. The van der Waals surface area contributed by atoms with Gasteiger partial charge < -0.3 is 15.3 Å². The first kappa shape index (κ1) is 18.7. The number of hydrogen-bond donors (Lipinski definition) is 3. The lowest BCUT2D eigenvalue weighted by molar-refractivity contribution is -0.128. The van der Waals surface area contributed by atoms with Gasteiger partial charge in [-0.3, -0.25) is 4.79 Å². The average molecular weight is 393 g/mol. The normalized spacial score (nSPS) is 20.2. The van der Waals surface area contributed by atoms with Gasteiger partial charge in [0.15, 0.2) is 5.54 Å². The van der Waals surface area contributed by atoms with Crippen LogP contribution in [0.2, 0.25) is 10.0 Å². The van der Waals surface area contributed by atoms with Crippen molar-refractivity contribution in [3.63, 3.8) is 0 Å². The molecule has 2 aromatic carbocycles. The molecule has 1 heterocycles. The predicted molar refractivity (Wildman–Crippen MR) is 101 cm³/mol. The third-order valence-corrected chi connectivity index (χ3v) is 4.76. The van der Waals surface area contributed by atoms with E-state index in [9.17, 15) is 9.90 Å². The van der Waals surface area contributed by atoms with Crippen LogP contribution in [0, 0.1) is 0 Å². The maximum absolute atomic E-state index is 12.6. The molecular weight excluding hydrogens is 375 g/mol. The van der Waals surface area contributed by atoms with Gasteiger partial charge in [0, 0.05) is 23.5 Å². The summed E-state index contributed by atoms with van der Waals surface area (Å²) in [5, 5.41) is 14.2. The van der Waals surface area contributed by atoms with Crippen LogP contribution in [-0.4, -0.2) is 18.1 Å². The summed E-state index contributed by atoms with van der Waals surface area (Å²) in [5.41, 5.74) is 3.00. The molecule has 1 aliphatic rings. The zero-order chi connectivity index (χ0) is 18.7. The molecule has 2 unspecified atom stereocenters. The minimum absolute atomic E-state index is 0.209. The molecular formula is C19H18Cl2N2O3. The monoisotopic (exact) mass is 392 g/mol. The van der Waals surface area contributed by atoms with Crippen LogP contribution in [-0.2, 0) is 15.2 Å². The summed E-state index contributed by atoms with van der Waals surface area (Å²) in [6.45, 7) is 0. The zero-order valence-electron chi connectivity index (χ0n) is 14.0. The number of halogens is 2. The van der Waals surface area contributed by atoms with Gasteiger partial charge in [0.25, 0.3) is 5.91 Å². The van der Waals surface area contributed by atoms with Crippen LogP contribution in [0.15, 0.2) is 60.4 Å². The second-order valence-corrected chi connectivity index (χ2v) is 6.85. The number of hydroxylamine groups is 1. The highest BCUT2D eigenvalue weighted by Crippen LogP contribution is 2.34. The van der Waals surface area contributed by atoms with Gasteiger partial charge in [0.2, 0.25) is 0 Å². The number of carbonyl (C=O) groups is 1. The SMILES string of the molecule is CNC(=O)C1(c2ccc(Cl)cc2)C=C(CC(O)c2ccc(Cl)cc2)ON1. The topological polar surface area (TPSA) is 70.6 Å². The van der Waals surface area contributed by atoms with Crippen LogP contribution in [0.5, 0.6) is 0 Å². The molecule has 2 aromatic rings. The van der Waals surface area contributed by atoms with Crippen molar-refractivity contribution < 1.29 is 14.7 Å². The Hall–Kier alpha value is -2.05. The van der Waals surface area contributed by atoms with Crippen molar-refractivity contribution in [2.75, 3.05) is 7.05 Å². The lowest BCUT2D eigenvalue weighted by Crippen LogP contribution is -2.49. The Balaban J connectivity index is 1.87. The summed E-state index contributed by atoms with van der Waals surface area (Å²) < 4.78 is 0. The lowest BCUT2D eigenvalue weighted by Gasteiger charge is -2.24. The summed E-state index contributed by atoms with van der Waals surface area (Å²) in [6.07, 6.45) is 1.10. The number of nitrogens with one attached hydrogen (secondary N) is 2. The van der Waals surface area contributed by atoms with Crippen LogP contribution in [0.3, 0.4) is 0 Å². The van der Waals surface area contributed by atoms with Crippen molar-refractivity contribution in [3.05, 3.63) is 81.5 Å². The fourth-order valence-electron chi connectivity index (χ4n) is 2.84. The van der Waals surface area contributed by atoms with Gasteiger partial charge >= 0.3 is 0 Å². The van der Waals surface area contributed by atoms with Crippen LogP contribution < -0.4 is 10.8 Å². The van der Waals surface area contributed by atoms with Gasteiger partial charge in [-0.25, -0.2) is 0 Å². The molecule has 26 heavy (non-hydrogen) atoms. The predicted octanol–water partition coefficient (Wildman–Crippen LogP) is 3.48. The molecule has 0 aromatic heterocycles. The maximum atomic E-state index is 12.6. The number of amides is 1. The Labute approximate surface area is 161 Å². The highest BCUT2D eigenvalue weighted by atomic mass is 35.5. The Morgan fingerprint density at radius 1 is 1.15 bits per heavy atom. The standard InChI is InChI=1S/C19H18Cl2N2O3/c1-22-18(25)19(13-4-8-15(21)9-5-13)11-16(26-23-19)10-17(24)12-2-6-14(20)7-3-12/h2-9,11,17,23-24H,10H2,1H3,(H,22,25). The van der Waals surface area contributed by atoms with Crippen molar-refractivity contribution >= 4 is 29.1 Å². The Morgan fingerprint density at radius 3 is 2.31 bits per heavy atom. The Morgan fingerprint density at radius 2 is 1.73 bits per heavy atom. The second-order valence-electron chi connectivity index (χ2n) is 5.98. The van der Waals surface area contributed by atoms with Crippen LogP contribution >= 0.6 is 23.2 Å². The van der Waals surface area contributed by atoms with E-state index in [1.54, 1.807) is 61.7 Å². The minimum atomic E-state index is -1.19. The molecule has 0 spiro atoms. The number of aliphatic hydroxyl groups excluding tert-OH is 1. The fraction of sp³-hybridized carbons (Fsp3) is 0.211. The highest BCUT2D eigenvalue weighted by Gasteiger charge is 2.43. The minimum Gasteiger partial charge on any atom is -0.412 e. The quantitative estimate of drug-likeness (QED) is 0.728. The van der Waals surface area contributed by atoms with E-state index in [4.69, 9.17) is 28.0 Å². The van der Waals surface area contributed by atoms with Gasteiger partial charge in [0.05, 0.1) is 6.10 Å². The molecule has 0 aliphatic carbocycles. The Kier molecular flexibility index (Phi) is 5.53.